The number of guanidine groups is 1. The number of rotatable bonds is 10. The summed E-state index contributed by atoms with van der Waals surface area (Å²) in [5, 5.41) is 14.0. The summed E-state index contributed by atoms with van der Waals surface area (Å²) >= 11 is 1.75. The summed E-state index contributed by atoms with van der Waals surface area (Å²) in [7, 11) is 0. The van der Waals surface area contributed by atoms with Crippen molar-refractivity contribution in [3.63, 3.8) is 0 Å². The molecule has 0 spiro atoms. The van der Waals surface area contributed by atoms with E-state index in [2.05, 4.69) is 53.3 Å². The first-order valence-electron chi connectivity index (χ1n) is 8.39. The Morgan fingerprint density at radius 1 is 1.44 bits per heavy atom. The van der Waals surface area contributed by atoms with Gasteiger partial charge in [-0.25, -0.2) is 0 Å². The van der Waals surface area contributed by atoms with E-state index in [4.69, 9.17) is 16.1 Å². The zero-order valence-corrected chi connectivity index (χ0v) is 16.1. The van der Waals surface area contributed by atoms with Crippen LogP contribution in [0.15, 0.2) is 15.5 Å². The largest absolute Gasteiger partial charge is 0.464 e. The average molecular weight is 362 g/mol. The predicted molar refractivity (Wildman–Crippen MR) is 104 cm³/mol. The van der Waals surface area contributed by atoms with Crippen LogP contribution < -0.4 is 10.6 Å². The summed E-state index contributed by atoms with van der Waals surface area (Å²) in [6.07, 6.45) is 7.02. The monoisotopic (exact) mass is 361 g/mol. The molecule has 6 nitrogen and oxygen atoms in total. The Kier molecular flexibility index (Phi) is 10.3. The van der Waals surface area contributed by atoms with Crippen LogP contribution in [0.3, 0.4) is 0 Å². The Balaban J connectivity index is 2.42. The lowest BCUT2D eigenvalue weighted by Gasteiger charge is -2.15. The summed E-state index contributed by atoms with van der Waals surface area (Å²) < 4.78 is 5.98. The maximum absolute atomic E-state index is 8.66. The van der Waals surface area contributed by atoms with Gasteiger partial charge in [0.05, 0.1) is 25.4 Å². The zero-order valence-electron chi connectivity index (χ0n) is 15.3. The zero-order chi connectivity index (χ0) is 18.5. The van der Waals surface area contributed by atoms with Gasteiger partial charge in [0.2, 0.25) is 5.96 Å². The molecule has 0 saturated carbocycles. The molecular formula is C18H27N5OS. The standard InChI is InChI=1S/C18H27N5OS/c1-5-8-20-18(22-14-19)21-9-10-25-13-17-15(4)11-16(24-17)12-23(6-2)7-3/h1,11H,6-10,12-13H2,2-4H3,(H2,20,21,22). The van der Waals surface area contributed by atoms with Gasteiger partial charge < -0.3 is 9.73 Å². The number of aryl methyl sites for hydroxylation is 1. The number of nitriles is 1. The van der Waals surface area contributed by atoms with Crippen LogP contribution in [0.1, 0.15) is 30.9 Å². The molecule has 0 bridgehead atoms. The van der Waals surface area contributed by atoms with Crippen LogP contribution in [0, 0.1) is 30.7 Å². The molecule has 1 heterocycles. The van der Waals surface area contributed by atoms with E-state index in [1.54, 1.807) is 11.8 Å². The molecule has 0 aromatic carbocycles. The molecule has 0 fully saturated rings. The first kappa shape index (κ1) is 21.0. The Bertz CT molecular complexity index is 622. The van der Waals surface area contributed by atoms with Gasteiger partial charge in [-0.1, -0.05) is 19.8 Å². The smallest absolute Gasteiger partial charge is 0.205 e. The van der Waals surface area contributed by atoms with E-state index in [0.717, 1.165) is 42.7 Å². The third-order valence-corrected chi connectivity index (χ3v) is 4.55. The molecule has 2 N–H and O–H groups in total. The molecule has 0 amide bonds. The number of thioether (sulfide) groups is 1. The summed E-state index contributed by atoms with van der Waals surface area (Å²) in [5.41, 5.74) is 1.20. The van der Waals surface area contributed by atoms with Gasteiger partial charge in [-0.15, -0.1) is 6.42 Å². The van der Waals surface area contributed by atoms with Gasteiger partial charge >= 0.3 is 0 Å². The van der Waals surface area contributed by atoms with Crippen LogP contribution in [0.4, 0.5) is 0 Å². The second-order valence-corrected chi connectivity index (χ2v) is 6.46. The second kappa shape index (κ2) is 12.3. The highest BCUT2D eigenvalue weighted by molar-refractivity contribution is 7.98. The Morgan fingerprint density at radius 3 is 2.84 bits per heavy atom. The number of nitrogens with one attached hydrogen (secondary N) is 2. The fourth-order valence-corrected chi connectivity index (χ4v) is 3.03. The molecule has 0 aliphatic carbocycles. The van der Waals surface area contributed by atoms with Crippen LogP contribution in [0.2, 0.25) is 0 Å². The SMILES string of the molecule is C#CCNC(=NCCSCc1oc(CN(CC)CC)cc1C)NC#N. The summed E-state index contributed by atoms with van der Waals surface area (Å²) in [4.78, 5) is 6.62. The molecule has 1 aromatic rings. The van der Waals surface area contributed by atoms with Crippen molar-refractivity contribution >= 4 is 17.7 Å². The van der Waals surface area contributed by atoms with Crippen molar-refractivity contribution in [2.24, 2.45) is 4.99 Å². The van der Waals surface area contributed by atoms with Crippen LogP contribution in [0.25, 0.3) is 0 Å². The van der Waals surface area contributed by atoms with Crippen molar-refractivity contribution in [3.8, 4) is 18.5 Å². The molecule has 0 radical (unpaired) electrons. The Labute approximate surface area is 155 Å². The van der Waals surface area contributed by atoms with E-state index in [9.17, 15) is 0 Å². The van der Waals surface area contributed by atoms with Gasteiger partial charge in [0, 0.05) is 5.75 Å². The summed E-state index contributed by atoms with van der Waals surface area (Å²) in [6.45, 7) is 10.2. The van der Waals surface area contributed by atoms with Gasteiger partial charge in [-0.05, 0) is 31.6 Å². The highest BCUT2D eigenvalue weighted by atomic mass is 32.2. The van der Waals surface area contributed by atoms with Crippen molar-refractivity contribution in [2.75, 3.05) is 31.9 Å². The first-order valence-corrected chi connectivity index (χ1v) is 9.55. The number of hydrogen-bond acceptors (Lipinski definition) is 5. The molecule has 0 saturated heterocycles. The molecule has 0 aliphatic rings. The van der Waals surface area contributed by atoms with E-state index in [0.29, 0.717) is 19.0 Å². The molecule has 1 aromatic heterocycles. The molecule has 0 aliphatic heterocycles. The quantitative estimate of drug-likeness (QED) is 0.166. The summed E-state index contributed by atoms with van der Waals surface area (Å²) in [5.74, 6) is 6.56. The lowest BCUT2D eigenvalue weighted by Crippen LogP contribution is -2.34. The minimum atomic E-state index is 0.335. The van der Waals surface area contributed by atoms with E-state index >= 15 is 0 Å². The molecule has 0 unspecified atom stereocenters. The lowest BCUT2D eigenvalue weighted by molar-refractivity contribution is 0.266. The van der Waals surface area contributed by atoms with Crippen molar-refractivity contribution in [2.45, 2.75) is 33.1 Å². The number of aliphatic imine (C=N–C) groups is 1. The normalized spacial score (nSPS) is 11.2. The minimum Gasteiger partial charge on any atom is -0.464 e. The van der Waals surface area contributed by atoms with Crippen LogP contribution in [0.5, 0.6) is 0 Å². The molecule has 7 heteroatoms. The third kappa shape index (κ3) is 8.02. The average Bonchev–Trinajstić information content (AvgIpc) is 2.96. The number of furan rings is 1. The molecule has 136 valence electrons. The maximum Gasteiger partial charge on any atom is 0.205 e. The molecular weight excluding hydrogens is 334 g/mol. The molecule has 1 rings (SSSR count). The van der Waals surface area contributed by atoms with Gasteiger partial charge in [0.15, 0.2) is 6.19 Å². The van der Waals surface area contributed by atoms with E-state index in [1.165, 1.54) is 5.56 Å². The van der Waals surface area contributed by atoms with Crippen molar-refractivity contribution in [3.05, 3.63) is 23.2 Å². The van der Waals surface area contributed by atoms with Crippen LogP contribution >= 0.6 is 11.8 Å². The minimum absolute atomic E-state index is 0.335. The third-order valence-electron chi connectivity index (χ3n) is 3.62. The van der Waals surface area contributed by atoms with Crippen molar-refractivity contribution < 1.29 is 4.42 Å². The van der Waals surface area contributed by atoms with Gasteiger partial charge in [0.25, 0.3) is 0 Å². The van der Waals surface area contributed by atoms with Gasteiger partial charge in [-0.3, -0.25) is 15.2 Å². The number of terminal acetylenes is 1. The molecule has 0 atom stereocenters. The second-order valence-electron chi connectivity index (χ2n) is 5.36. The Hall–Kier alpha value is -2.09. The highest BCUT2D eigenvalue weighted by Crippen LogP contribution is 2.21. The topological polar surface area (TPSA) is 76.6 Å². The van der Waals surface area contributed by atoms with E-state index in [1.807, 2.05) is 6.19 Å². The fourth-order valence-electron chi connectivity index (χ4n) is 2.19. The van der Waals surface area contributed by atoms with Crippen LogP contribution in [-0.2, 0) is 12.3 Å². The van der Waals surface area contributed by atoms with Crippen LogP contribution in [-0.4, -0.2) is 42.8 Å². The number of nitrogens with zero attached hydrogens (tertiary/aromatic N) is 3. The van der Waals surface area contributed by atoms with E-state index in [-0.39, 0.29) is 0 Å². The Morgan fingerprint density at radius 2 is 2.20 bits per heavy atom. The summed E-state index contributed by atoms with van der Waals surface area (Å²) in [6, 6.07) is 2.13. The lowest BCUT2D eigenvalue weighted by atomic mass is 10.3. The van der Waals surface area contributed by atoms with Gasteiger partial charge in [-0.2, -0.15) is 17.0 Å². The van der Waals surface area contributed by atoms with E-state index < -0.39 is 0 Å². The molecule has 25 heavy (non-hydrogen) atoms. The predicted octanol–water partition coefficient (Wildman–Crippen LogP) is 2.31. The fraction of sp³-hybridized carbons (Fsp3) is 0.556. The van der Waals surface area contributed by atoms with Crippen molar-refractivity contribution in [1.29, 1.82) is 5.26 Å². The van der Waals surface area contributed by atoms with Gasteiger partial charge in [0.1, 0.15) is 11.5 Å². The maximum atomic E-state index is 8.66. The first-order chi connectivity index (χ1) is 12.1. The van der Waals surface area contributed by atoms with Crippen molar-refractivity contribution in [1.82, 2.24) is 15.5 Å². The number of hydrogen-bond donors (Lipinski definition) is 2. The highest BCUT2D eigenvalue weighted by Gasteiger charge is 2.10.